The zero-order chi connectivity index (χ0) is 7.84. The van der Waals surface area contributed by atoms with E-state index in [1.54, 1.807) is 11.7 Å². The van der Waals surface area contributed by atoms with Crippen molar-refractivity contribution in [3.05, 3.63) is 21.6 Å². The summed E-state index contributed by atoms with van der Waals surface area (Å²) in [6.07, 6.45) is 1.01. The summed E-state index contributed by atoms with van der Waals surface area (Å²) in [6.45, 7) is 0. The highest BCUT2D eigenvalue weighted by Gasteiger charge is 2.15. The summed E-state index contributed by atoms with van der Waals surface area (Å²) < 4.78 is 1.57. The summed E-state index contributed by atoms with van der Waals surface area (Å²) in [4.78, 5) is 11.3. The molecule has 1 aromatic rings. The fourth-order valence-electron chi connectivity index (χ4n) is 1.36. The van der Waals surface area contributed by atoms with E-state index in [0.717, 1.165) is 29.2 Å². The molecular weight excluding hydrogens is 160 g/mol. The summed E-state index contributed by atoms with van der Waals surface area (Å²) in [5.74, 6) is 2.01. The fourth-order valence-corrected chi connectivity index (χ4v) is 2.35. The number of fused-ring (bicyclic) bond motifs is 1. The second-order valence-corrected chi connectivity index (χ2v) is 3.84. The molecule has 0 bridgehead atoms. The number of hydrogen-bond donors (Lipinski definition) is 1. The lowest BCUT2D eigenvalue weighted by atomic mass is 10.2. The van der Waals surface area contributed by atoms with E-state index in [-0.39, 0.29) is 5.56 Å². The minimum absolute atomic E-state index is 0.146. The van der Waals surface area contributed by atoms with Gasteiger partial charge < -0.3 is 0 Å². The van der Waals surface area contributed by atoms with Gasteiger partial charge in [-0.2, -0.15) is 11.8 Å². The molecule has 4 heteroatoms. The molecule has 0 aliphatic carbocycles. The lowest BCUT2D eigenvalue weighted by molar-refractivity contribution is 0.723. The Morgan fingerprint density at radius 3 is 3.18 bits per heavy atom. The van der Waals surface area contributed by atoms with Crippen molar-refractivity contribution in [1.29, 1.82) is 0 Å². The van der Waals surface area contributed by atoms with Crippen LogP contribution in [0.4, 0.5) is 0 Å². The molecule has 1 aromatic heterocycles. The number of aryl methyl sites for hydroxylation is 2. The van der Waals surface area contributed by atoms with E-state index in [2.05, 4.69) is 5.10 Å². The Morgan fingerprint density at radius 2 is 2.45 bits per heavy atom. The van der Waals surface area contributed by atoms with Crippen molar-refractivity contribution in [2.24, 2.45) is 7.05 Å². The summed E-state index contributed by atoms with van der Waals surface area (Å²) >= 11 is 1.83. The Morgan fingerprint density at radius 1 is 1.64 bits per heavy atom. The molecule has 60 valence electrons. The second-order valence-electron chi connectivity index (χ2n) is 2.74. The Kier molecular flexibility index (Phi) is 1.56. The number of hydrogen-bond acceptors (Lipinski definition) is 2. The van der Waals surface area contributed by atoms with Gasteiger partial charge in [-0.05, 0) is 12.2 Å². The first-order valence-corrected chi connectivity index (χ1v) is 4.79. The molecule has 1 aliphatic rings. The molecule has 3 nitrogen and oxygen atoms in total. The van der Waals surface area contributed by atoms with Gasteiger partial charge >= 0.3 is 0 Å². The summed E-state index contributed by atoms with van der Waals surface area (Å²) in [5, 5.41) is 3.06. The monoisotopic (exact) mass is 170 g/mol. The first kappa shape index (κ1) is 7.03. The fraction of sp³-hybridized carbons (Fsp3) is 0.571. The van der Waals surface area contributed by atoms with E-state index >= 15 is 0 Å². The topological polar surface area (TPSA) is 37.8 Å². The van der Waals surface area contributed by atoms with Crippen molar-refractivity contribution in [3.63, 3.8) is 0 Å². The maximum absolute atomic E-state index is 11.3. The molecular formula is C7H10N2OS. The molecule has 11 heavy (non-hydrogen) atoms. The highest BCUT2D eigenvalue weighted by atomic mass is 32.2. The van der Waals surface area contributed by atoms with Crippen molar-refractivity contribution < 1.29 is 0 Å². The van der Waals surface area contributed by atoms with E-state index < -0.39 is 0 Å². The first-order valence-electron chi connectivity index (χ1n) is 3.63. The number of nitrogens with zero attached hydrogens (tertiary/aromatic N) is 1. The molecule has 1 aliphatic heterocycles. The van der Waals surface area contributed by atoms with Crippen LogP contribution in [0.3, 0.4) is 0 Å². The van der Waals surface area contributed by atoms with Crippen LogP contribution < -0.4 is 5.56 Å². The van der Waals surface area contributed by atoms with Crippen molar-refractivity contribution in [2.45, 2.75) is 12.2 Å². The molecule has 0 amide bonds. The third-order valence-corrected chi connectivity index (χ3v) is 2.96. The largest absolute Gasteiger partial charge is 0.300 e. The van der Waals surface area contributed by atoms with Crippen LogP contribution in [0.25, 0.3) is 0 Å². The third kappa shape index (κ3) is 1.01. The Balaban J connectivity index is 2.59. The minimum atomic E-state index is 0.146. The molecule has 0 saturated carbocycles. The number of aromatic nitrogens is 2. The normalized spacial score (nSPS) is 16.5. The molecule has 0 unspecified atom stereocenters. The van der Waals surface area contributed by atoms with E-state index in [9.17, 15) is 4.79 Å². The van der Waals surface area contributed by atoms with Crippen molar-refractivity contribution in [2.75, 3.05) is 5.75 Å². The average molecular weight is 170 g/mol. The highest BCUT2D eigenvalue weighted by molar-refractivity contribution is 7.98. The van der Waals surface area contributed by atoms with Crippen molar-refractivity contribution in [1.82, 2.24) is 9.78 Å². The SMILES string of the molecule is Cn1[nH]c2c(c1=O)CSCC2. The minimum Gasteiger partial charge on any atom is -0.300 e. The lowest BCUT2D eigenvalue weighted by Crippen LogP contribution is -2.15. The number of aromatic amines is 1. The van der Waals surface area contributed by atoms with Crippen LogP contribution >= 0.6 is 11.8 Å². The van der Waals surface area contributed by atoms with Gasteiger partial charge in [-0.15, -0.1) is 0 Å². The molecule has 2 rings (SSSR count). The van der Waals surface area contributed by atoms with Gasteiger partial charge in [-0.25, -0.2) is 0 Å². The lowest BCUT2D eigenvalue weighted by Gasteiger charge is -2.06. The Hall–Kier alpha value is -0.640. The predicted octanol–water partition coefficient (Wildman–Crippen LogP) is 0.503. The molecule has 1 N–H and O–H groups in total. The van der Waals surface area contributed by atoms with Gasteiger partial charge in [0.1, 0.15) is 0 Å². The maximum atomic E-state index is 11.3. The van der Waals surface area contributed by atoms with E-state index in [0.29, 0.717) is 0 Å². The number of rotatable bonds is 0. The average Bonchev–Trinajstić information content (AvgIpc) is 2.30. The number of H-pyrrole nitrogens is 1. The molecule has 2 heterocycles. The zero-order valence-electron chi connectivity index (χ0n) is 6.39. The smallest absolute Gasteiger partial charge is 0.270 e. The maximum Gasteiger partial charge on any atom is 0.270 e. The summed E-state index contributed by atoms with van der Waals surface area (Å²) in [5.41, 5.74) is 2.26. The van der Waals surface area contributed by atoms with Gasteiger partial charge in [0.15, 0.2) is 0 Å². The van der Waals surface area contributed by atoms with Crippen LogP contribution in [-0.4, -0.2) is 15.5 Å². The van der Waals surface area contributed by atoms with Crippen molar-refractivity contribution in [3.8, 4) is 0 Å². The molecule has 0 radical (unpaired) electrons. The van der Waals surface area contributed by atoms with Gasteiger partial charge in [-0.3, -0.25) is 14.6 Å². The van der Waals surface area contributed by atoms with Crippen LogP contribution in [0.5, 0.6) is 0 Å². The molecule has 0 fully saturated rings. The number of nitrogens with one attached hydrogen (secondary N) is 1. The predicted molar refractivity (Wildman–Crippen MR) is 45.9 cm³/mol. The van der Waals surface area contributed by atoms with Gasteiger partial charge in [0, 0.05) is 24.1 Å². The zero-order valence-corrected chi connectivity index (χ0v) is 7.20. The van der Waals surface area contributed by atoms with Crippen LogP contribution in [-0.2, 0) is 19.2 Å². The van der Waals surface area contributed by atoms with Crippen LogP contribution in [0.1, 0.15) is 11.3 Å². The second kappa shape index (κ2) is 2.44. The Bertz CT molecular complexity index is 326. The summed E-state index contributed by atoms with van der Waals surface area (Å²) in [6, 6.07) is 0. The van der Waals surface area contributed by atoms with Gasteiger partial charge in [0.25, 0.3) is 5.56 Å². The van der Waals surface area contributed by atoms with E-state index in [4.69, 9.17) is 0 Å². The van der Waals surface area contributed by atoms with E-state index in [1.165, 1.54) is 0 Å². The van der Waals surface area contributed by atoms with Crippen molar-refractivity contribution >= 4 is 11.8 Å². The third-order valence-electron chi connectivity index (χ3n) is 1.97. The number of thioether (sulfide) groups is 1. The molecule has 0 saturated heterocycles. The Labute approximate surface area is 68.8 Å². The summed E-state index contributed by atoms with van der Waals surface area (Å²) in [7, 11) is 1.77. The highest BCUT2D eigenvalue weighted by Crippen LogP contribution is 2.19. The first-order chi connectivity index (χ1) is 5.29. The molecule has 0 atom stereocenters. The van der Waals surface area contributed by atoms with Gasteiger partial charge in [0.05, 0.1) is 0 Å². The van der Waals surface area contributed by atoms with Gasteiger partial charge in [0.2, 0.25) is 0 Å². The van der Waals surface area contributed by atoms with Gasteiger partial charge in [-0.1, -0.05) is 0 Å². The van der Waals surface area contributed by atoms with Crippen LogP contribution in [0, 0.1) is 0 Å². The van der Waals surface area contributed by atoms with Crippen LogP contribution in [0.15, 0.2) is 4.79 Å². The van der Waals surface area contributed by atoms with Crippen LogP contribution in [0.2, 0.25) is 0 Å². The standard InChI is InChI=1S/C7H10N2OS/c1-9-7(10)5-4-11-3-2-6(5)8-9/h8H,2-4H2,1H3. The molecule has 0 spiro atoms. The quantitative estimate of drug-likeness (QED) is 0.615. The molecule has 0 aromatic carbocycles. The van der Waals surface area contributed by atoms with E-state index in [1.807, 2.05) is 11.8 Å².